The van der Waals surface area contributed by atoms with Gasteiger partial charge in [0, 0.05) is 23.6 Å². The highest BCUT2D eigenvalue weighted by molar-refractivity contribution is 6.30. The highest BCUT2D eigenvalue weighted by Crippen LogP contribution is 2.33. The lowest BCUT2D eigenvalue weighted by Crippen LogP contribution is -2.36. The molecule has 3 heterocycles. The first-order chi connectivity index (χ1) is 16.1. The summed E-state index contributed by atoms with van der Waals surface area (Å²) in [6.45, 7) is 6.22. The van der Waals surface area contributed by atoms with Crippen LogP contribution >= 0.6 is 11.6 Å². The zero-order chi connectivity index (χ0) is 22.8. The molecule has 0 atom stereocenters. The number of aromatic nitrogens is 2. The number of aryl methyl sites for hydroxylation is 1. The Morgan fingerprint density at radius 2 is 1.76 bits per heavy atom. The Balaban J connectivity index is 1.20. The van der Waals surface area contributed by atoms with Crippen molar-refractivity contribution in [2.75, 3.05) is 26.3 Å². The van der Waals surface area contributed by atoms with Crippen LogP contribution in [0.4, 0.5) is 0 Å². The van der Waals surface area contributed by atoms with Crippen molar-refractivity contribution in [1.82, 2.24) is 14.7 Å². The standard InChI is InChI=1S/C26H28ClN3O3/c1-18-22(26(27)30(28-18)16-19-5-3-2-4-6-19)17-29-11-9-20(10-12-29)25(31)21-7-8-23-24(15-21)33-14-13-32-23/h2-8,15,20H,9-14,16-17H2,1H3. The number of rotatable bonds is 6. The number of likely N-dealkylation sites (tertiary alicyclic amines) is 1. The summed E-state index contributed by atoms with van der Waals surface area (Å²) in [6.07, 6.45) is 1.67. The van der Waals surface area contributed by atoms with Crippen LogP contribution in [0.5, 0.6) is 11.5 Å². The number of ether oxygens (including phenoxy) is 2. The summed E-state index contributed by atoms with van der Waals surface area (Å²) in [5.74, 6) is 1.60. The Labute approximate surface area is 199 Å². The molecule has 3 aromatic rings. The van der Waals surface area contributed by atoms with Gasteiger partial charge in [0.2, 0.25) is 0 Å². The van der Waals surface area contributed by atoms with Crippen LogP contribution in [0.2, 0.25) is 5.15 Å². The fourth-order valence-corrected chi connectivity index (χ4v) is 4.93. The van der Waals surface area contributed by atoms with Crippen LogP contribution < -0.4 is 9.47 Å². The van der Waals surface area contributed by atoms with Crippen LogP contribution in [0.1, 0.15) is 40.0 Å². The number of nitrogens with zero attached hydrogens (tertiary/aromatic N) is 3. The molecular formula is C26H28ClN3O3. The van der Waals surface area contributed by atoms with Gasteiger partial charge in [-0.1, -0.05) is 41.9 Å². The van der Waals surface area contributed by atoms with E-state index in [4.69, 9.17) is 21.1 Å². The molecule has 172 valence electrons. The quantitative estimate of drug-likeness (QED) is 0.491. The molecule has 1 saturated heterocycles. The molecule has 1 aromatic heterocycles. The van der Waals surface area contributed by atoms with Gasteiger partial charge in [0.15, 0.2) is 17.3 Å². The molecule has 33 heavy (non-hydrogen) atoms. The average Bonchev–Trinajstić information content (AvgIpc) is 3.11. The van der Waals surface area contributed by atoms with Crippen LogP contribution in [-0.4, -0.2) is 46.8 Å². The van der Waals surface area contributed by atoms with Gasteiger partial charge in [-0.05, 0) is 56.6 Å². The molecule has 0 aliphatic carbocycles. The van der Waals surface area contributed by atoms with Crippen molar-refractivity contribution in [3.05, 3.63) is 76.1 Å². The molecule has 2 aromatic carbocycles. The van der Waals surface area contributed by atoms with E-state index in [1.54, 1.807) is 0 Å². The van der Waals surface area contributed by atoms with Gasteiger partial charge in [-0.15, -0.1) is 0 Å². The second-order valence-electron chi connectivity index (χ2n) is 8.77. The number of hydrogen-bond acceptors (Lipinski definition) is 5. The van der Waals surface area contributed by atoms with E-state index < -0.39 is 0 Å². The highest BCUT2D eigenvalue weighted by Gasteiger charge is 2.28. The van der Waals surface area contributed by atoms with Gasteiger partial charge >= 0.3 is 0 Å². The molecule has 0 unspecified atom stereocenters. The molecule has 0 amide bonds. The van der Waals surface area contributed by atoms with E-state index in [1.807, 2.05) is 48.0 Å². The van der Waals surface area contributed by atoms with Crippen LogP contribution in [0, 0.1) is 12.8 Å². The van der Waals surface area contributed by atoms with Gasteiger partial charge < -0.3 is 9.47 Å². The van der Waals surface area contributed by atoms with Crippen molar-refractivity contribution in [3.8, 4) is 11.5 Å². The number of carbonyl (C=O) groups is 1. The monoisotopic (exact) mass is 465 g/mol. The third-order valence-electron chi connectivity index (χ3n) is 6.53. The van der Waals surface area contributed by atoms with Crippen molar-refractivity contribution in [2.24, 2.45) is 5.92 Å². The van der Waals surface area contributed by atoms with E-state index in [1.165, 1.54) is 5.56 Å². The highest BCUT2D eigenvalue weighted by atomic mass is 35.5. The number of carbonyl (C=O) groups excluding carboxylic acids is 1. The number of piperidine rings is 1. The lowest BCUT2D eigenvalue weighted by Gasteiger charge is -2.31. The fraction of sp³-hybridized carbons (Fsp3) is 0.385. The molecule has 0 bridgehead atoms. The zero-order valence-corrected chi connectivity index (χ0v) is 19.6. The number of Topliss-reactive ketones (excluding diaryl/α,β-unsaturated/α-hetero) is 1. The molecule has 0 spiro atoms. The molecule has 7 heteroatoms. The first-order valence-electron chi connectivity index (χ1n) is 11.5. The van der Waals surface area contributed by atoms with Crippen LogP contribution in [-0.2, 0) is 13.1 Å². The number of fused-ring (bicyclic) bond motifs is 1. The minimum atomic E-state index is 0.0289. The molecule has 1 fully saturated rings. The topological polar surface area (TPSA) is 56.6 Å². The Morgan fingerprint density at radius 3 is 2.52 bits per heavy atom. The fourth-order valence-electron chi connectivity index (χ4n) is 4.64. The molecule has 6 nitrogen and oxygen atoms in total. The predicted molar refractivity (Wildman–Crippen MR) is 127 cm³/mol. The maximum atomic E-state index is 13.1. The molecular weight excluding hydrogens is 438 g/mol. The second kappa shape index (κ2) is 9.57. The maximum Gasteiger partial charge on any atom is 0.166 e. The summed E-state index contributed by atoms with van der Waals surface area (Å²) in [5, 5.41) is 5.37. The lowest BCUT2D eigenvalue weighted by atomic mass is 9.88. The number of halogens is 1. The third kappa shape index (κ3) is 4.77. The molecule has 5 rings (SSSR count). The van der Waals surface area contributed by atoms with Crippen molar-refractivity contribution >= 4 is 17.4 Å². The average molecular weight is 466 g/mol. The summed E-state index contributed by atoms with van der Waals surface area (Å²) in [4.78, 5) is 15.5. The van der Waals surface area contributed by atoms with Gasteiger partial charge in [-0.2, -0.15) is 5.10 Å². The van der Waals surface area contributed by atoms with Crippen molar-refractivity contribution in [3.63, 3.8) is 0 Å². The third-order valence-corrected chi connectivity index (χ3v) is 6.95. The van der Waals surface area contributed by atoms with E-state index in [2.05, 4.69) is 22.1 Å². The molecule has 0 radical (unpaired) electrons. The summed E-state index contributed by atoms with van der Waals surface area (Å²) < 4.78 is 13.1. The summed E-state index contributed by atoms with van der Waals surface area (Å²) in [6, 6.07) is 15.7. The van der Waals surface area contributed by atoms with Gasteiger partial charge in [-0.3, -0.25) is 9.69 Å². The summed E-state index contributed by atoms with van der Waals surface area (Å²) in [5.41, 5.74) is 3.92. The Morgan fingerprint density at radius 1 is 1.03 bits per heavy atom. The Kier molecular flexibility index (Phi) is 6.38. The number of benzene rings is 2. The molecule has 2 aliphatic heterocycles. The molecule has 0 N–H and O–H groups in total. The smallest absolute Gasteiger partial charge is 0.166 e. The van der Waals surface area contributed by atoms with Gasteiger partial charge in [0.1, 0.15) is 18.4 Å². The van der Waals surface area contributed by atoms with Gasteiger partial charge in [0.05, 0.1) is 12.2 Å². The van der Waals surface area contributed by atoms with Crippen molar-refractivity contribution < 1.29 is 14.3 Å². The van der Waals surface area contributed by atoms with Crippen LogP contribution in [0.25, 0.3) is 0 Å². The summed E-state index contributed by atoms with van der Waals surface area (Å²) in [7, 11) is 0. The van der Waals surface area contributed by atoms with E-state index in [0.29, 0.717) is 42.0 Å². The second-order valence-corrected chi connectivity index (χ2v) is 9.13. The number of hydrogen-bond donors (Lipinski definition) is 0. The normalized spacial score (nSPS) is 16.7. The maximum absolute atomic E-state index is 13.1. The van der Waals surface area contributed by atoms with E-state index in [9.17, 15) is 4.79 Å². The van der Waals surface area contributed by atoms with Crippen molar-refractivity contribution in [1.29, 1.82) is 0 Å². The Bertz CT molecular complexity index is 1140. The molecule has 2 aliphatic rings. The largest absolute Gasteiger partial charge is 0.486 e. The van der Waals surface area contributed by atoms with E-state index in [-0.39, 0.29) is 11.7 Å². The first kappa shape index (κ1) is 22.0. The van der Waals surface area contributed by atoms with Gasteiger partial charge in [0.25, 0.3) is 0 Å². The zero-order valence-electron chi connectivity index (χ0n) is 18.8. The minimum absolute atomic E-state index is 0.0289. The minimum Gasteiger partial charge on any atom is -0.486 e. The van der Waals surface area contributed by atoms with Crippen molar-refractivity contribution in [2.45, 2.75) is 32.9 Å². The Hall–Kier alpha value is -2.83. The SMILES string of the molecule is Cc1nn(Cc2ccccc2)c(Cl)c1CN1CCC(C(=O)c2ccc3c(c2)OCCO3)CC1. The predicted octanol–water partition coefficient (Wildman–Crippen LogP) is 4.76. The summed E-state index contributed by atoms with van der Waals surface area (Å²) >= 11 is 6.71. The van der Waals surface area contributed by atoms with Crippen LogP contribution in [0.15, 0.2) is 48.5 Å². The van der Waals surface area contributed by atoms with Crippen LogP contribution in [0.3, 0.4) is 0 Å². The van der Waals surface area contributed by atoms with Gasteiger partial charge in [-0.25, -0.2) is 4.68 Å². The number of ketones is 1. The molecule has 0 saturated carbocycles. The van der Waals surface area contributed by atoms with E-state index in [0.717, 1.165) is 43.7 Å². The first-order valence-corrected chi connectivity index (χ1v) is 11.9. The van der Waals surface area contributed by atoms with E-state index >= 15 is 0 Å². The lowest BCUT2D eigenvalue weighted by molar-refractivity contribution is 0.0833.